The van der Waals surface area contributed by atoms with Crippen LogP contribution < -0.4 is 0 Å². The van der Waals surface area contributed by atoms with Crippen LogP contribution in [-0.4, -0.2) is 7.11 Å². The van der Waals surface area contributed by atoms with Gasteiger partial charge in [-0.15, -0.1) is 0 Å². The van der Waals surface area contributed by atoms with E-state index in [1.54, 1.807) is 7.11 Å². The normalized spacial score (nSPS) is 26.7. The Morgan fingerprint density at radius 1 is 1.67 bits per heavy atom. The van der Waals surface area contributed by atoms with Crippen molar-refractivity contribution in [1.82, 2.24) is 0 Å². The molecule has 2 nitrogen and oxygen atoms in total. The number of rotatable bonds is 2. The van der Waals surface area contributed by atoms with Gasteiger partial charge in [0.05, 0.1) is 19.4 Å². The molecule has 12 heavy (non-hydrogen) atoms. The lowest BCUT2D eigenvalue weighted by Crippen LogP contribution is -2.09. The number of nitriles is 1. The van der Waals surface area contributed by atoms with E-state index in [0.717, 1.165) is 12.8 Å². The van der Waals surface area contributed by atoms with E-state index < -0.39 is 0 Å². The molecule has 0 aromatic carbocycles. The van der Waals surface area contributed by atoms with Crippen molar-refractivity contribution in [2.45, 2.75) is 32.1 Å². The second kappa shape index (κ2) is 4.82. The molecule has 2 heteroatoms. The van der Waals surface area contributed by atoms with Gasteiger partial charge in [-0.2, -0.15) is 5.26 Å². The maximum atomic E-state index is 8.59. The van der Waals surface area contributed by atoms with Crippen molar-refractivity contribution in [3.05, 3.63) is 11.8 Å². The Bertz CT molecular complexity index is 202. The van der Waals surface area contributed by atoms with Crippen molar-refractivity contribution in [1.29, 1.82) is 5.26 Å². The third kappa shape index (κ3) is 2.27. The van der Waals surface area contributed by atoms with E-state index in [0.29, 0.717) is 12.3 Å². The highest BCUT2D eigenvalue weighted by atomic mass is 16.5. The van der Waals surface area contributed by atoms with Crippen LogP contribution in [0, 0.1) is 17.2 Å². The highest BCUT2D eigenvalue weighted by Crippen LogP contribution is 2.31. The summed E-state index contributed by atoms with van der Waals surface area (Å²) in [5.41, 5.74) is 1.32. The number of ether oxygens (including phenoxy) is 1. The molecule has 0 aromatic heterocycles. The second-order valence-corrected chi connectivity index (χ2v) is 3.23. The topological polar surface area (TPSA) is 33.0 Å². The minimum absolute atomic E-state index is 0.462. The maximum absolute atomic E-state index is 8.59. The van der Waals surface area contributed by atoms with E-state index in [-0.39, 0.29) is 0 Å². The molecule has 1 unspecified atom stereocenters. The molecule has 0 spiro atoms. The number of hydrogen-bond donors (Lipinski definition) is 0. The molecule has 0 aromatic rings. The highest BCUT2D eigenvalue weighted by molar-refractivity contribution is 5.08. The number of nitrogens with zero attached hydrogens (tertiary/aromatic N) is 1. The van der Waals surface area contributed by atoms with Crippen molar-refractivity contribution in [2.75, 3.05) is 7.11 Å². The Labute approximate surface area is 73.8 Å². The van der Waals surface area contributed by atoms with Gasteiger partial charge in [-0.1, -0.05) is 6.42 Å². The first-order valence-electron chi connectivity index (χ1n) is 4.47. The second-order valence-electron chi connectivity index (χ2n) is 3.23. The van der Waals surface area contributed by atoms with E-state index in [1.807, 2.05) is 6.26 Å². The summed E-state index contributed by atoms with van der Waals surface area (Å²) in [6.07, 6.45) is 7.24. The fourth-order valence-electron chi connectivity index (χ4n) is 1.76. The molecule has 1 aliphatic rings. The molecule has 0 heterocycles. The van der Waals surface area contributed by atoms with Crippen molar-refractivity contribution in [2.24, 2.45) is 5.92 Å². The van der Waals surface area contributed by atoms with Gasteiger partial charge in [-0.25, -0.2) is 0 Å². The standard InChI is InChI=1S/C10H15NO/c1-12-8-10-5-3-2-4-9(10)6-7-11/h8-9H,2-6H2,1H3. The van der Waals surface area contributed by atoms with Gasteiger partial charge in [0.15, 0.2) is 0 Å². The molecule has 66 valence electrons. The van der Waals surface area contributed by atoms with Crippen LogP contribution in [0.3, 0.4) is 0 Å². The number of allylic oxidation sites excluding steroid dienone is 1. The molecule has 0 bridgehead atoms. The quantitative estimate of drug-likeness (QED) is 0.589. The summed E-state index contributed by atoms with van der Waals surface area (Å²) in [6.45, 7) is 0. The van der Waals surface area contributed by atoms with Crippen molar-refractivity contribution < 1.29 is 4.74 Å². The van der Waals surface area contributed by atoms with Gasteiger partial charge < -0.3 is 4.74 Å². The molecule has 1 aliphatic carbocycles. The van der Waals surface area contributed by atoms with E-state index in [1.165, 1.54) is 18.4 Å². The summed E-state index contributed by atoms with van der Waals surface area (Å²) in [6, 6.07) is 2.23. The fraction of sp³-hybridized carbons (Fsp3) is 0.700. The molecular formula is C10H15NO. The van der Waals surface area contributed by atoms with Gasteiger partial charge in [-0.05, 0) is 30.8 Å². The molecule has 1 saturated carbocycles. The van der Waals surface area contributed by atoms with E-state index in [4.69, 9.17) is 10.00 Å². The first-order valence-corrected chi connectivity index (χ1v) is 4.47. The summed E-state index contributed by atoms with van der Waals surface area (Å²) in [5, 5.41) is 8.59. The average molecular weight is 165 g/mol. The van der Waals surface area contributed by atoms with Gasteiger partial charge in [0.2, 0.25) is 0 Å². The molecule has 0 amide bonds. The Hall–Kier alpha value is -0.970. The monoisotopic (exact) mass is 165 g/mol. The molecule has 0 radical (unpaired) electrons. The van der Waals surface area contributed by atoms with Crippen molar-refractivity contribution in [3.63, 3.8) is 0 Å². The zero-order valence-corrected chi connectivity index (χ0v) is 7.55. The summed E-state index contributed by atoms with van der Waals surface area (Å²) in [7, 11) is 1.67. The Morgan fingerprint density at radius 3 is 3.17 bits per heavy atom. The molecule has 1 rings (SSSR count). The first-order chi connectivity index (χ1) is 5.88. The van der Waals surface area contributed by atoms with E-state index in [2.05, 4.69) is 6.07 Å². The predicted molar refractivity (Wildman–Crippen MR) is 47.3 cm³/mol. The van der Waals surface area contributed by atoms with Crippen molar-refractivity contribution in [3.8, 4) is 6.07 Å². The third-order valence-electron chi connectivity index (χ3n) is 2.40. The van der Waals surface area contributed by atoms with Gasteiger partial charge in [0.1, 0.15) is 0 Å². The Morgan fingerprint density at radius 2 is 2.50 bits per heavy atom. The fourth-order valence-corrected chi connectivity index (χ4v) is 1.76. The molecule has 0 N–H and O–H groups in total. The Balaban J connectivity index is 2.55. The Kier molecular flexibility index (Phi) is 3.66. The van der Waals surface area contributed by atoms with Crippen LogP contribution >= 0.6 is 0 Å². The molecular weight excluding hydrogens is 150 g/mol. The van der Waals surface area contributed by atoms with Gasteiger partial charge in [-0.3, -0.25) is 0 Å². The molecule has 0 saturated heterocycles. The number of hydrogen-bond acceptors (Lipinski definition) is 2. The van der Waals surface area contributed by atoms with Crippen LogP contribution in [0.2, 0.25) is 0 Å². The van der Waals surface area contributed by atoms with Crippen LogP contribution in [0.4, 0.5) is 0 Å². The van der Waals surface area contributed by atoms with Crippen LogP contribution in [0.25, 0.3) is 0 Å². The van der Waals surface area contributed by atoms with Gasteiger partial charge >= 0.3 is 0 Å². The lowest BCUT2D eigenvalue weighted by Gasteiger charge is -2.22. The number of methoxy groups -OCH3 is 1. The third-order valence-corrected chi connectivity index (χ3v) is 2.40. The van der Waals surface area contributed by atoms with E-state index >= 15 is 0 Å². The lowest BCUT2D eigenvalue weighted by molar-refractivity contribution is 0.318. The van der Waals surface area contributed by atoms with Crippen LogP contribution in [-0.2, 0) is 4.74 Å². The van der Waals surface area contributed by atoms with Crippen LogP contribution in [0.5, 0.6) is 0 Å². The van der Waals surface area contributed by atoms with Crippen LogP contribution in [0.1, 0.15) is 32.1 Å². The first kappa shape index (κ1) is 9.12. The zero-order chi connectivity index (χ0) is 8.81. The average Bonchev–Trinajstić information content (AvgIpc) is 2.09. The predicted octanol–water partition coefficient (Wildman–Crippen LogP) is 2.62. The molecule has 1 atom stereocenters. The summed E-state index contributed by atoms with van der Waals surface area (Å²) >= 11 is 0. The molecule has 1 fully saturated rings. The summed E-state index contributed by atoms with van der Waals surface area (Å²) < 4.78 is 4.99. The zero-order valence-electron chi connectivity index (χ0n) is 7.55. The van der Waals surface area contributed by atoms with Gasteiger partial charge in [0, 0.05) is 6.42 Å². The SMILES string of the molecule is COC=C1CCCCC1CC#N. The largest absolute Gasteiger partial charge is 0.504 e. The highest BCUT2D eigenvalue weighted by Gasteiger charge is 2.18. The maximum Gasteiger partial charge on any atom is 0.0819 e. The van der Waals surface area contributed by atoms with E-state index in [9.17, 15) is 0 Å². The smallest absolute Gasteiger partial charge is 0.0819 e. The van der Waals surface area contributed by atoms with Gasteiger partial charge in [0.25, 0.3) is 0 Å². The minimum Gasteiger partial charge on any atom is -0.504 e. The summed E-state index contributed by atoms with van der Waals surface area (Å²) in [5.74, 6) is 0.462. The van der Waals surface area contributed by atoms with Crippen molar-refractivity contribution >= 4 is 0 Å². The minimum atomic E-state index is 0.462. The van der Waals surface area contributed by atoms with Crippen LogP contribution in [0.15, 0.2) is 11.8 Å². The lowest BCUT2D eigenvalue weighted by atomic mass is 9.83. The summed E-state index contributed by atoms with van der Waals surface area (Å²) in [4.78, 5) is 0. The molecule has 0 aliphatic heterocycles.